The largest absolute Gasteiger partial charge is 0.478 e. The maximum Gasteiger partial charge on any atom is 0.335 e. The van der Waals surface area contributed by atoms with Gasteiger partial charge in [0.25, 0.3) is 0 Å². The molecule has 0 spiro atoms. The normalized spacial score (nSPS) is 19.3. The minimum absolute atomic E-state index is 0.306. The van der Waals surface area contributed by atoms with Crippen LogP contribution in [0.2, 0.25) is 0 Å². The molecule has 1 N–H and O–H groups in total. The number of carbonyl (C=O) groups is 1. The Hall–Kier alpha value is -1.49. The van der Waals surface area contributed by atoms with Crippen molar-refractivity contribution >= 4 is 28.8 Å². The minimum Gasteiger partial charge on any atom is -0.478 e. The second-order valence-electron chi connectivity index (χ2n) is 5.87. The maximum atomic E-state index is 11.1. The standard InChI is InChI=1S/C16H20N2O2S/c1-10(2)15-17-13-8-11(16(19)20)5-6-14(13)18(15)12-4-3-7-21-9-12/h5-6,8,10,12H,3-4,7,9H2,1-2H3,(H,19,20). The number of benzene rings is 1. The second-order valence-corrected chi connectivity index (χ2v) is 7.02. The fourth-order valence-corrected chi connectivity index (χ4v) is 4.09. The lowest BCUT2D eigenvalue weighted by Crippen LogP contribution is -2.19. The van der Waals surface area contributed by atoms with Crippen LogP contribution in [-0.4, -0.2) is 32.1 Å². The van der Waals surface area contributed by atoms with Crippen molar-refractivity contribution in [3.05, 3.63) is 29.6 Å². The summed E-state index contributed by atoms with van der Waals surface area (Å²) in [6, 6.07) is 5.76. The van der Waals surface area contributed by atoms with Gasteiger partial charge in [0.1, 0.15) is 5.82 Å². The third kappa shape index (κ3) is 2.67. The highest BCUT2D eigenvalue weighted by molar-refractivity contribution is 7.99. The SMILES string of the molecule is CC(C)c1nc2cc(C(=O)O)ccc2n1C1CCCSC1. The van der Waals surface area contributed by atoms with E-state index in [2.05, 4.69) is 18.4 Å². The molecule has 1 saturated heterocycles. The monoisotopic (exact) mass is 304 g/mol. The molecule has 1 unspecified atom stereocenters. The smallest absolute Gasteiger partial charge is 0.335 e. The minimum atomic E-state index is -0.897. The van der Waals surface area contributed by atoms with Crippen LogP contribution < -0.4 is 0 Å². The summed E-state index contributed by atoms with van der Waals surface area (Å²) in [5.41, 5.74) is 2.17. The van der Waals surface area contributed by atoms with Crippen molar-refractivity contribution in [1.29, 1.82) is 0 Å². The Morgan fingerprint density at radius 1 is 1.48 bits per heavy atom. The molecule has 21 heavy (non-hydrogen) atoms. The number of aromatic carboxylic acids is 1. The van der Waals surface area contributed by atoms with Crippen LogP contribution in [0.15, 0.2) is 18.2 Å². The number of imidazole rings is 1. The van der Waals surface area contributed by atoms with E-state index in [4.69, 9.17) is 10.1 Å². The first kappa shape index (κ1) is 14.4. The molecule has 1 aromatic carbocycles. The highest BCUT2D eigenvalue weighted by Gasteiger charge is 2.23. The lowest BCUT2D eigenvalue weighted by molar-refractivity contribution is 0.0697. The molecule has 1 aliphatic rings. The summed E-state index contributed by atoms with van der Waals surface area (Å²) in [4.78, 5) is 15.9. The number of fused-ring (bicyclic) bond motifs is 1. The fourth-order valence-electron chi connectivity index (χ4n) is 2.97. The Morgan fingerprint density at radius 3 is 2.90 bits per heavy atom. The molecule has 5 heteroatoms. The molecule has 0 aliphatic carbocycles. The van der Waals surface area contributed by atoms with Gasteiger partial charge in [-0.2, -0.15) is 11.8 Å². The Kier molecular flexibility index (Phi) is 3.93. The Labute approximate surface area is 128 Å². The third-order valence-electron chi connectivity index (χ3n) is 3.98. The first-order valence-corrected chi connectivity index (χ1v) is 8.56. The van der Waals surface area contributed by atoms with Crippen molar-refractivity contribution < 1.29 is 9.90 Å². The van der Waals surface area contributed by atoms with E-state index in [1.54, 1.807) is 12.1 Å². The van der Waals surface area contributed by atoms with Gasteiger partial charge in [0, 0.05) is 17.7 Å². The van der Waals surface area contributed by atoms with Gasteiger partial charge in [-0.1, -0.05) is 13.8 Å². The molecule has 1 aliphatic heterocycles. The average Bonchev–Trinajstić information content (AvgIpc) is 2.86. The van der Waals surface area contributed by atoms with Crippen LogP contribution in [0.4, 0.5) is 0 Å². The first-order chi connectivity index (χ1) is 10.1. The molecular formula is C16H20N2O2S. The van der Waals surface area contributed by atoms with Crippen molar-refractivity contribution in [2.24, 2.45) is 0 Å². The van der Waals surface area contributed by atoms with E-state index < -0.39 is 5.97 Å². The lowest BCUT2D eigenvalue weighted by Gasteiger charge is -2.26. The van der Waals surface area contributed by atoms with Crippen LogP contribution in [0.3, 0.4) is 0 Å². The van der Waals surface area contributed by atoms with Gasteiger partial charge in [0.15, 0.2) is 0 Å². The number of hydrogen-bond donors (Lipinski definition) is 1. The number of hydrogen-bond acceptors (Lipinski definition) is 3. The van der Waals surface area contributed by atoms with Gasteiger partial charge in [-0.05, 0) is 36.8 Å². The highest BCUT2D eigenvalue weighted by atomic mass is 32.2. The van der Waals surface area contributed by atoms with Gasteiger partial charge >= 0.3 is 5.97 Å². The van der Waals surface area contributed by atoms with Crippen molar-refractivity contribution in [1.82, 2.24) is 9.55 Å². The first-order valence-electron chi connectivity index (χ1n) is 7.41. The van der Waals surface area contributed by atoms with Crippen molar-refractivity contribution in [2.45, 2.75) is 38.6 Å². The van der Waals surface area contributed by atoms with E-state index in [0.717, 1.165) is 22.6 Å². The van der Waals surface area contributed by atoms with Crippen molar-refractivity contribution in [2.75, 3.05) is 11.5 Å². The second kappa shape index (κ2) is 5.72. The molecule has 0 saturated carbocycles. The third-order valence-corrected chi connectivity index (χ3v) is 5.18. The number of aromatic nitrogens is 2. The lowest BCUT2D eigenvalue weighted by atomic mass is 10.1. The molecule has 0 amide bonds. The predicted molar refractivity (Wildman–Crippen MR) is 86.4 cm³/mol. The molecule has 0 radical (unpaired) electrons. The topological polar surface area (TPSA) is 55.1 Å². The van der Waals surface area contributed by atoms with Crippen LogP contribution in [0.1, 0.15) is 54.8 Å². The van der Waals surface area contributed by atoms with Gasteiger partial charge in [-0.3, -0.25) is 0 Å². The van der Waals surface area contributed by atoms with Crippen LogP contribution in [0.25, 0.3) is 11.0 Å². The van der Waals surface area contributed by atoms with Crippen LogP contribution in [0.5, 0.6) is 0 Å². The Balaban J connectivity index is 2.15. The number of carboxylic acids is 1. The van der Waals surface area contributed by atoms with Crippen molar-refractivity contribution in [3.63, 3.8) is 0 Å². The average molecular weight is 304 g/mol. The molecule has 1 fully saturated rings. The highest BCUT2D eigenvalue weighted by Crippen LogP contribution is 2.33. The molecular weight excluding hydrogens is 284 g/mol. The maximum absolute atomic E-state index is 11.1. The Morgan fingerprint density at radius 2 is 2.29 bits per heavy atom. The van der Waals surface area contributed by atoms with Gasteiger partial charge in [-0.25, -0.2) is 9.78 Å². The summed E-state index contributed by atoms with van der Waals surface area (Å²) in [5, 5.41) is 9.14. The number of nitrogens with zero attached hydrogens (tertiary/aromatic N) is 2. The van der Waals surface area contributed by atoms with E-state index in [-0.39, 0.29) is 0 Å². The van der Waals surface area contributed by atoms with Crippen molar-refractivity contribution in [3.8, 4) is 0 Å². The zero-order valence-corrected chi connectivity index (χ0v) is 13.2. The zero-order chi connectivity index (χ0) is 15.0. The summed E-state index contributed by atoms with van der Waals surface area (Å²) in [5.74, 6) is 2.86. The number of thioether (sulfide) groups is 1. The van der Waals surface area contributed by atoms with Crippen LogP contribution in [-0.2, 0) is 0 Å². The summed E-state index contributed by atoms with van der Waals surface area (Å²) < 4.78 is 2.35. The van der Waals surface area contributed by atoms with E-state index >= 15 is 0 Å². The molecule has 0 bridgehead atoms. The summed E-state index contributed by atoms with van der Waals surface area (Å²) >= 11 is 2.00. The zero-order valence-electron chi connectivity index (χ0n) is 12.4. The van der Waals surface area contributed by atoms with Gasteiger partial charge in [0.2, 0.25) is 0 Å². The van der Waals surface area contributed by atoms with Crippen LogP contribution in [0, 0.1) is 0 Å². The fraction of sp³-hybridized carbons (Fsp3) is 0.500. The molecule has 112 valence electrons. The van der Waals surface area contributed by atoms with Gasteiger partial charge < -0.3 is 9.67 Å². The molecule has 2 heterocycles. The molecule has 3 rings (SSSR count). The predicted octanol–water partition coefficient (Wildman–Crippen LogP) is 3.93. The summed E-state index contributed by atoms with van der Waals surface area (Å²) in [6.45, 7) is 4.29. The van der Waals surface area contributed by atoms with Gasteiger partial charge in [0.05, 0.1) is 16.6 Å². The van der Waals surface area contributed by atoms with E-state index in [0.29, 0.717) is 17.5 Å². The molecule has 2 aromatic rings. The van der Waals surface area contributed by atoms with E-state index in [1.165, 1.54) is 18.6 Å². The molecule has 1 aromatic heterocycles. The molecule has 4 nitrogen and oxygen atoms in total. The molecule has 1 atom stereocenters. The number of rotatable bonds is 3. The summed E-state index contributed by atoms with van der Waals surface area (Å²) in [6.07, 6.45) is 2.42. The van der Waals surface area contributed by atoms with Crippen LogP contribution >= 0.6 is 11.8 Å². The Bertz CT molecular complexity index is 672. The van der Waals surface area contributed by atoms with E-state index in [9.17, 15) is 4.79 Å². The van der Waals surface area contributed by atoms with E-state index in [1.807, 2.05) is 17.8 Å². The number of carboxylic acid groups (broad SMARTS) is 1. The quantitative estimate of drug-likeness (QED) is 0.933. The van der Waals surface area contributed by atoms with Gasteiger partial charge in [-0.15, -0.1) is 0 Å². The summed E-state index contributed by atoms with van der Waals surface area (Å²) in [7, 11) is 0.